The zero-order valence-electron chi connectivity index (χ0n) is 21.5. The molecule has 12 nitrogen and oxygen atoms in total. The Morgan fingerprint density at radius 3 is 1.46 bits per heavy atom. The second-order valence-electron chi connectivity index (χ2n) is 8.83. The zero-order valence-corrected chi connectivity index (χ0v) is 21.5. The van der Waals surface area contributed by atoms with Gasteiger partial charge in [0.15, 0.2) is 0 Å². The van der Waals surface area contributed by atoms with Gasteiger partial charge < -0.3 is 30.7 Å². The van der Waals surface area contributed by atoms with Gasteiger partial charge >= 0.3 is 23.9 Å². The Bertz CT molecular complexity index is 1420. The fraction of sp³-hybridized carbons (Fsp3) is 0.172. The van der Waals surface area contributed by atoms with Gasteiger partial charge in [-0.15, -0.1) is 0 Å². The SMILES string of the molecule is O=C(O)CC(NC(=O)c1ccc(-c2ccc(C(=O)NC(CC(=O)OCc3ccccc3)C(=O)O)cc2)cc1)C(=O)O. The third kappa shape index (κ3) is 9.03. The first-order valence-electron chi connectivity index (χ1n) is 12.2. The van der Waals surface area contributed by atoms with Crippen molar-refractivity contribution in [1.29, 1.82) is 0 Å². The number of aliphatic carboxylic acids is 3. The van der Waals surface area contributed by atoms with Crippen LogP contribution in [-0.4, -0.2) is 63.1 Å². The van der Waals surface area contributed by atoms with E-state index in [0.717, 1.165) is 5.56 Å². The second kappa shape index (κ2) is 14.0. The summed E-state index contributed by atoms with van der Waals surface area (Å²) in [5, 5.41) is 31.8. The molecule has 5 N–H and O–H groups in total. The van der Waals surface area contributed by atoms with Crippen molar-refractivity contribution in [1.82, 2.24) is 10.6 Å². The summed E-state index contributed by atoms with van der Waals surface area (Å²) in [5.41, 5.74) is 2.30. The third-order valence-corrected chi connectivity index (χ3v) is 5.83. The molecule has 2 atom stereocenters. The van der Waals surface area contributed by atoms with E-state index >= 15 is 0 Å². The minimum Gasteiger partial charge on any atom is -0.481 e. The number of carboxylic acid groups (broad SMARTS) is 3. The van der Waals surface area contributed by atoms with E-state index in [9.17, 15) is 33.9 Å². The van der Waals surface area contributed by atoms with E-state index < -0.39 is 60.6 Å². The fourth-order valence-corrected chi connectivity index (χ4v) is 3.65. The van der Waals surface area contributed by atoms with Gasteiger partial charge in [-0.1, -0.05) is 54.6 Å². The normalized spacial score (nSPS) is 11.9. The molecule has 0 spiro atoms. The highest BCUT2D eigenvalue weighted by molar-refractivity contribution is 5.99. The molecule has 0 aliphatic carbocycles. The van der Waals surface area contributed by atoms with Crippen LogP contribution < -0.4 is 10.6 Å². The Kier molecular flexibility index (Phi) is 10.3. The van der Waals surface area contributed by atoms with Crippen LogP contribution in [-0.2, 0) is 30.5 Å². The predicted molar refractivity (Wildman–Crippen MR) is 143 cm³/mol. The van der Waals surface area contributed by atoms with Crippen molar-refractivity contribution in [2.24, 2.45) is 0 Å². The van der Waals surface area contributed by atoms with Crippen LogP contribution in [0, 0.1) is 0 Å². The van der Waals surface area contributed by atoms with E-state index in [0.29, 0.717) is 11.1 Å². The van der Waals surface area contributed by atoms with Crippen LogP contribution in [0.1, 0.15) is 39.1 Å². The van der Waals surface area contributed by atoms with Gasteiger partial charge in [0, 0.05) is 11.1 Å². The van der Waals surface area contributed by atoms with Crippen molar-refractivity contribution in [3.05, 3.63) is 95.6 Å². The number of ether oxygens (including phenoxy) is 1. The van der Waals surface area contributed by atoms with E-state index in [-0.39, 0.29) is 17.7 Å². The van der Waals surface area contributed by atoms with Gasteiger partial charge in [-0.2, -0.15) is 0 Å². The Balaban J connectivity index is 1.59. The molecular formula is C29H26N2O10. The average Bonchev–Trinajstić information content (AvgIpc) is 2.95. The molecule has 0 heterocycles. The summed E-state index contributed by atoms with van der Waals surface area (Å²) >= 11 is 0. The molecule has 0 fully saturated rings. The lowest BCUT2D eigenvalue weighted by Crippen LogP contribution is -2.42. The summed E-state index contributed by atoms with van der Waals surface area (Å²) in [6.45, 7) is -0.0271. The van der Waals surface area contributed by atoms with E-state index in [1.165, 1.54) is 24.3 Å². The molecular weight excluding hydrogens is 536 g/mol. The first-order valence-corrected chi connectivity index (χ1v) is 12.2. The number of amides is 2. The van der Waals surface area contributed by atoms with Gasteiger partial charge in [-0.3, -0.25) is 19.2 Å². The van der Waals surface area contributed by atoms with Crippen LogP contribution in [0.2, 0.25) is 0 Å². The van der Waals surface area contributed by atoms with Gasteiger partial charge in [0.2, 0.25) is 0 Å². The second-order valence-corrected chi connectivity index (χ2v) is 8.83. The molecule has 0 aliphatic heterocycles. The quantitative estimate of drug-likeness (QED) is 0.193. The van der Waals surface area contributed by atoms with Crippen molar-refractivity contribution in [2.45, 2.75) is 31.5 Å². The van der Waals surface area contributed by atoms with Crippen LogP contribution in [0.5, 0.6) is 0 Å². The molecule has 0 aliphatic rings. The Labute approximate surface area is 233 Å². The maximum atomic E-state index is 12.6. The van der Waals surface area contributed by atoms with Gasteiger partial charge in [0.1, 0.15) is 18.7 Å². The molecule has 0 radical (unpaired) electrons. The number of esters is 1. The molecule has 3 aromatic carbocycles. The largest absolute Gasteiger partial charge is 0.481 e. The lowest BCUT2D eigenvalue weighted by atomic mass is 10.0. The highest BCUT2D eigenvalue weighted by Crippen LogP contribution is 2.21. The highest BCUT2D eigenvalue weighted by Gasteiger charge is 2.25. The number of rotatable bonds is 13. The summed E-state index contributed by atoms with van der Waals surface area (Å²) in [6, 6.07) is 17.9. The third-order valence-electron chi connectivity index (χ3n) is 5.83. The van der Waals surface area contributed by atoms with Gasteiger partial charge in [-0.25, -0.2) is 9.59 Å². The molecule has 2 unspecified atom stereocenters. The highest BCUT2D eigenvalue weighted by atomic mass is 16.5. The van der Waals surface area contributed by atoms with Crippen LogP contribution in [0.3, 0.4) is 0 Å². The number of carboxylic acids is 3. The maximum Gasteiger partial charge on any atom is 0.326 e. The average molecular weight is 563 g/mol. The first kappa shape index (κ1) is 30.0. The number of carbonyl (C=O) groups is 6. The molecule has 0 aromatic heterocycles. The Hall–Kier alpha value is -5.52. The number of hydrogen-bond acceptors (Lipinski definition) is 7. The minimum absolute atomic E-state index is 0.0271. The summed E-state index contributed by atoms with van der Waals surface area (Å²) in [6.07, 6.45) is -1.33. The van der Waals surface area contributed by atoms with E-state index in [1.54, 1.807) is 54.6 Å². The van der Waals surface area contributed by atoms with Crippen LogP contribution in [0.4, 0.5) is 0 Å². The Morgan fingerprint density at radius 1 is 0.610 bits per heavy atom. The summed E-state index contributed by atoms with van der Waals surface area (Å²) in [4.78, 5) is 70.7. The number of hydrogen-bond donors (Lipinski definition) is 5. The summed E-state index contributed by atoms with van der Waals surface area (Å²) in [5.74, 6) is -6.48. The van der Waals surface area contributed by atoms with Crippen LogP contribution >= 0.6 is 0 Å². The Morgan fingerprint density at radius 2 is 1.05 bits per heavy atom. The summed E-state index contributed by atoms with van der Waals surface area (Å²) in [7, 11) is 0. The molecule has 3 aromatic rings. The minimum atomic E-state index is -1.58. The molecule has 0 bridgehead atoms. The van der Waals surface area contributed by atoms with Crippen LogP contribution in [0.15, 0.2) is 78.9 Å². The number of carbonyl (C=O) groups excluding carboxylic acids is 3. The van der Waals surface area contributed by atoms with Crippen molar-refractivity contribution < 1.29 is 48.8 Å². The van der Waals surface area contributed by atoms with E-state index in [1.807, 2.05) is 0 Å². The smallest absolute Gasteiger partial charge is 0.326 e. The standard InChI is InChI=1S/C29H26N2O10/c32-24(33)14-22(28(37)38)30-26(35)20-10-6-18(7-11-20)19-8-12-21(13-9-19)27(36)31-23(29(39)40)15-25(34)41-16-17-4-2-1-3-5-17/h1-13,22-23H,14-16H2,(H,30,35)(H,31,36)(H,32,33)(H,37,38)(H,39,40). The molecule has 0 saturated heterocycles. The number of nitrogens with one attached hydrogen (secondary N) is 2. The summed E-state index contributed by atoms with van der Waals surface area (Å²) < 4.78 is 5.10. The lowest BCUT2D eigenvalue weighted by molar-refractivity contribution is -0.150. The molecule has 212 valence electrons. The lowest BCUT2D eigenvalue weighted by Gasteiger charge is -2.14. The van der Waals surface area contributed by atoms with Crippen molar-refractivity contribution >= 4 is 35.7 Å². The zero-order chi connectivity index (χ0) is 29.9. The van der Waals surface area contributed by atoms with Crippen LogP contribution in [0.25, 0.3) is 11.1 Å². The molecule has 41 heavy (non-hydrogen) atoms. The monoisotopic (exact) mass is 562 g/mol. The van der Waals surface area contributed by atoms with Gasteiger partial charge in [-0.05, 0) is 41.0 Å². The molecule has 3 rings (SSSR count). The molecule has 12 heteroatoms. The topological polar surface area (TPSA) is 196 Å². The first-order chi connectivity index (χ1) is 19.5. The molecule has 2 amide bonds. The molecule has 0 saturated carbocycles. The van der Waals surface area contributed by atoms with Gasteiger partial charge in [0.25, 0.3) is 11.8 Å². The van der Waals surface area contributed by atoms with E-state index in [4.69, 9.17) is 14.9 Å². The predicted octanol–water partition coefficient (Wildman–Crippen LogP) is 2.33. The van der Waals surface area contributed by atoms with E-state index in [2.05, 4.69) is 10.6 Å². The maximum absolute atomic E-state index is 12.6. The fourth-order valence-electron chi connectivity index (χ4n) is 3.65. The van der Waals surface area contributed by atoms with Crippen molar-refractivity contribution in [2.75, 3.05) is 0 Å². The van der Waals surface area contributed by atoms with Gasteiger partial charge in [0.05, 0.1) is 12.8 Å². The van der Waals surface area contributed by atoms with Crippen molar-refractivity contribution in [3.8, 4) is 11.1 Å². The van der Waals surface area contributed by atoms with Crippen molar-refractivity contribution in [3.63, 3.8) is 0 Å². The number of benzene rings is 3.